The largest absolute Gasteiger partial charge is 0.490 e. The zero-order valence-corrected chi connectivity index (χ0v) is 19.8. The number of halogens is 1. The van der Waals surface area contributed by atoms with Crippen molar-refractivity contribution in [3.63, 3.8) is 0 Å². The molecule has 9 nitrogen and oxygen atoms in total. The van der Waals surface area contributed by atoms with Crippen LogP contribution in [-0.4, -0.2) is 47.4 Å². The molecule has 178 valence electrons. The third kappa shape index (κ3) is 7.35. The number of carbonyl (C=O) groups excluding carboxylic acids is 2. The van der Waals surface area contributed by atoms with E-state index in [2.05, 4.69) is 5.32 Å². The first-order chi connectivity index (χ1) is 15.7. The Morgan fingerprint density at radius 3 is 2.42 bits per heavy atom. The van der Waals surface area contributed by atoms with Crippen molar-refractivity contribution in [2.24, 2.45) is 0 Å². The number of hydrogen-bond acceptors (Lipinski definition) is 6. The fraction of sp³-hybridized carbons (Fsp3) is 0.391. The standard InChI is InChI=1S/C23H28ClN3O6/c1-5-15(2)25-23(29)16(3)26(13-17-6-8-18(24)9-7-17)22(28)14-33-19-10-11-20(27(30)31)21(12-19)32-4/h6-12,15-16H,5,13-14H2,1-4H3,(H,25,29)/t15-,16+/m0/s1. The Kier molecular flexibility index (Phi) is 9.47. The second-order valence-electron chi connectivity index (χ2n) is 7.52. The van der Waals surface area contributed by atoms with Crippen LogP contribution in [0.25, 0.3) is 0 Å². The summed E-state index contributed by atoms with van der Waals surface area (Å²) in [6.07, 6.45) is 0.759. The van der Waals surface area contributed by atoms with E-state index in [-0.39, 0.29) is 42.3 Å². The molecule has 0 fully saturated rings. The van der Waals surface area contributed by atoms with Gasteiger partial charge in [-0.25, -0.2) is 0 Å². The quantitative estimate of drug-likeness (QED) is 0.387. The van der Waals surface area contributed by atoms with E-state index >= 15 is 0 Å². The summed E-state index contributed by atoms with van der Waals surface area (Å²) in [5.41, 5.74) is 0.587. The van der Waals surface area contributed by atoms with Gasteiger partial charge in [-0.05, 0) is 44.0 Å². The van der Waals surface area contributed by atoms with Crippen LogP contribution in [-0.2, 0) is 16.1 Å². The normalized spacial score (nSPS) is 12.4. The zero-order chi connectivity index (χ0) is 24.5. The lowest BCUT2D eigenvalue weighted by Gasteiger charge is -2.29. The monoisotopic (exact) mass is 477 g/mol. The molecule has 0 heterocycles. The van der Waals surface area contributed by atoms with Crippen LogP contribution in [0.15, 0.2) is 42.5 Å². The fourth-order valence-electron chi connectivity index (χ4n) is 2.96. The van der Waals surface area contributed by atoms with Gasteiger partial charge in [-0.2, -0.15) is 0 Å². The number of benzene rings is 2. The van der Waals surface area contributed by atoms with Gasteiger partial charge in [-0.1, -0.05) is 30.7 Å². The molecule has 2 aromatic rings. The van der Waals surface area contributed by atoms with E-state index in [0.29, 0.717) is 5.02 Å². The van der Waals surface area contributed by atoms with E-state index in [4.69, 9.17) is 21.1 Å². The van der Waals surface area contributed by atoms with Crippen molar-refractivity contribution in [1.29, 1.82) is 0 Å². The van der Waals surface area contributed by atoms with E-state index < -0.39 is 16.9 Å². The number of ether oxygens (including phenoxy) is 2. The van der Waals surface area contributed by atoms with Crippen molar-refractivity contribution in [3.8, 4) is 11.5 Å². The molecule has 2 amide bonds. The van der Waals surface area contributed by atoms with Crippen LogP contribution in [0.1, 0.15) is 32.8 Å². The van der Waals surface area contributed by atoms with Gasteiger partial charge >= 0.3 is 5.69 Å². The van der Waals surface area contributed by atoms with E-state index in [1.165, 1.54) is 30.2 Å². The Morgan fingerprint density at radius 1 is 1.18 bits per heavy atom. The Morgan fingerprint density at radius 2 is 1.85 bits per heavy atom. The van der Waals surface area contributed by atoms with Crippen molar-refractivity contribution in [1.82, 2.24) is 10.2 Å². The minimum absolute atomic E-state index is 0.0178. The van der Waals surface area contributed by atoms with Gasteiger partial charge in [0.15, 0.2) is 6.61 Å². The molecule has 0 aliphatic heterocycles. The van der Waals surface area contributed by atoms with Gasteiger partial charge in [0.05, 0.1) is 12.0 Å². The molecule has 0 bridgehead atoms. The summed E-state index contributed by atoms with van der Waals surface area (Å²) < 4.78 is 10.6. The van der Waals surface area contributed by atoms with Crippen LogP contribution in [0.4, 0.5) is 5.69 Å². The van der Waals surface area contributed by atoms with Crippen molar-refractivity contribution in [2.45, 2.75) is 45.8 Å². The number of carbonyl (C=O) groups is 2. The predicted molar refractivity (Wildman–Crippen MR) is 125 cm³/mol. The van der Waals surface area contributed by atoms with Crippen LogP contribution in [0.2, 0.25) is 5.02 Å². The highest BCUT2D eigenvalue weighted by molar-refractivity contribution is 6.30. The maximum absolute atomic E-state index is 13.1. The lowest BCUT2D eigenvalue weighted by atomic mass is 10.1. The lowest BCUT2D eigenvalue weighted by Crippen LogP contribution is -2.50. The highest BCUT2D eigenvalue weighted by atomic mass is 35.5. The molecule has 10 heteroatoms. The molecule has 0 aliphatic rings. The van der Waals surface area contributed by atoms with Gasteiger partial charge in [-0.15, -0.1) is 0 Å². The SMILES string of the molecule is CC[C@H](C)NC(=O)[C@@H](C)N(Cc1ccc(Cl)cc1)C(=O)COc1ccc([N+](=O)[O-])c(OC)c1. The topological polar surface area (TPSA) is 111 Å². The van der Waals surface area contributed by atoms with Crippen LogP contribution < -0.4 is 14.8 Å². The number of nitrogens with one attached hydrogen (secondary N) is 1. The van der Waals surface area contributed by atoms with Gasteiger partial charge in [0.25, 0.3) is 5.91 Å². The third-order valence-electron chi connectivity index (χ3n) is 5.14. The first-order valence-corrected chi connectivity index (χ1v) is 10.8. The van der Waals surface area contributed by atoms with Crippen LogP contribution in [0.5, 0.6) is 11.5 Å². The number of amides is 2. The molecular weight excluding hydrogens is 450 g/mol. The highest BCUT2D eigenvalue weighted by Gasteiger charge is 2.27. The maximum Gasteiger partial charge on any atom is 0.311 e. The van der Waals surface area contributed by atoms with Crippen LogP contribution >= 0.6 is 11.6 Å². The van der Waals surface area contributed by atoms with Crippen molar-refractivity contribution in [2.75, 3.05) is 13.7 Å². The minimum atomic E-state index is -0.753. The summed E-state index contributed by atoms with van der Waals surface area (Å²) in [6.45, 7) is 5.31. The van der Waals surface area contributed by atoms with Gasteiger partial charge in [0.2, 0.25) is 11.7 Å². The molecule has 2 aromatic carbocycles. The lowest BCUT2D eigenvalue weighted by molar-refractivity contribution is -0.385. The van der Waals surface area contributed by atoms with E-state index in [1.54, 1.807) is 31.2 Å². The summed E-state index contributed by atoms with van der Waals surface area (Å²) in [5.74, 6) is -0.448. The predicted octanol–water partition coefficient (Wildman–Crippen LogP) is 3.97. The van der Waals surface area contributed by atoms with Gasteiger partial charge in [-0.3, -0.25) is 19.7 Å². The van der Waals surface area contributed by atoms with Crippen molar-refractivity contribution < 1.29 is 24.0 Å². The van der Waals surface area contributed by atoms with Gasteiger partial charge in [0, 0.05) is 29.7 Å². The van der Waals surface area contributed by atoms with E-state index in [1.807, 2.05) is 13.8 Å². The van der Waals surface area contributed by atoms with Gasteiger partial charge < -0.3 is 19.7 Å². The van der Waals surface area contributed by atoms with E-state index in [0.717, 1.165) is 12.0 Å². The third-order valence-corrected chi connectivity index (χ3v) is 5.40. The summed E-state index contributed by atoms with van der Waals surface area (Å²) in [6, 6.07) is 10.2. The minimum Gasteiger partial charge on any atom is -0.490 e. The molecule has 0 saturated carbocycles. The maximum atomic E-state index is 13.1. The molecule has 0 spiro atoms. The Hall–Kier alpha value is -3.33. The first-order valence-electron chi connectivity index (χ1n) is 10.5. The average molecular weight is 478 g/mol. The van der Waals surface area contributed by atoms with Crippen LogP contribution in [0.3, 0.4) is 0 Å². The van der Waals surface area contributed by atoms with Crippen molar-refractivity contribution in [3.05, 3.63) is 63.2 Å². The summed E-state index contributed by atoms with van der Waals surface area (Å²) in [4.78, 5) is 37.7. The molecule has 0 saturated heterocycles. The zero-order valence-electron chi connectivity index (χ0n) is 19.0. The summed E-state index contributed by atoms with van der Waals surface area (Å²) in [7, 11) is 1.31. The number of hydrogen-bond donors (Lipinski definition) is 1. The molecule has 2 atom stereocenters. The second kappa shape index (κ2) is 12.1. The fourth-order valence-corrected chi connectivity index (χ4v) is 3.09. The molecule has 0 aromatic heterocycles. The average Bonchev–Trinajstić information content (AvgIpc) is 2.81. The van der Waals surface area contributed by atoms with Crippen LogP contribution in [0, 0.1) is 10.1 Å². The summed E-state index contributed by atoms with van der Waals surface area (Å²) in [5, 5.41) is 14.5. The number of nitro groups is 1. The highest BCUT2D eigenvalue weighted by Crippen LogP contribution is 2.30. The first kappa shape index (κ1) is 25.9. The molecule has 0 unspecified atom stereocenters. The number of nitrogens with zero attached hydrogens (tertiary/aromatic N) is 2. The molecule has 0 radical (unpaired) electrons. The van der Waals surface area contributed by atoms with E-state index in [9.17, 15) is 19.7 Å². The number of nitro benzene ring substituents is 1. The smallest absolute Gasteiger partial charge is 0.311 e. The van der Waals surface area contributed by atoms with Gasteiger partial charge in [0.1, 0.15) is 11.8 Å². The second-order valence-corrected chi connectivity index (χ2v) is 7.96. The summed E-state index contributed by atoms with van der Waals surface area (Å²) >= 11 is 5.95. The molecule has 2 rings (SSSR count). The number of methoxy groups -OCH3 is 1. The molecule has 33 heavy (non-hydrogen) atoms. The Balaban J connectivity index is 2.19. The van der Waals surface area contributed by atoms with Crippen molar-refractivity contribution >= 4 is 29.1 Å². The Bertz CT molecular complexity index is 983. The molecule has 1 N–H and O–H groups in total. The molecule has 0 aliphatic carbocycles. The Labute approximate surface area is 197 Å². The molecular formula is C23H28ClN3O6. The number of rotatable bonds is 11.